The minimum Gasteiger partial charge on any atom is -0.481 e. The van der Waals surface area contributed by atoms with Gasteiger partial charge >= 0.3 is 5.97 Å². The molecule has 1 amide bonds. The van der Waals surface area contributed by atoms with E-state index in [0.717, 1.165) is 5.56 Å². The molecule has 1 unspecified atom stereocenters. The lowest BCUT2D eigenvalue weighted by atomic mass is 9.86. The van der Waals surface area contributed by atoms with Crippen LogP contribution in [-0.2, 0) is 16.0 Å². The van der Waals surface area contributed by atoms with Gasteiger partial charge in [0, 0.05) is 18.7 Å². The Morgan fingerprint density at radius 3 is 2.65 bits per heavy atom. The molecule has 5 nitrogen and oxygen atoms in total. The van der Waals surface area contributed by atoms with Gasteiger partial charge in [-0.2, -0.15) is 0 Å². The van der Waals surface area contributed by atoms with Crippen LogP contribution in [0.1, 0.15) is 32.3 Å². The minimum atomic E-state index is -0.832. The standard InChI is InChI=1S/C15H22N2O3/c1-3-15(2,10-16)14(20)17-12-6-4-5-11(9-12)7-8-13(18)19/h4-6,9H,3,7-8,10,16H2,1-2H3,(H,17,20)(H,18,19). The lowest BCUT2D eigenvalue weighted by molar-refractivity contribution is -0.137. The summed E-state index contributed by atoms with van der Waals surface area (Å²) in [6, 6.07) is 7.24. The van der Waals surface area contributed by atoms with E-state index < -0.39 is 11.4 Å². The summed E-state index contributed by atoms with van der Waals surface area (Å²) in [5, 5.41) is 11.5. The molecule has 1 atom stereocenters. The second-order valence-electron chi connectivity index (χ2n) is 5.17. The molecular formula is C15H22N2O3. The van der Waals surface area contributed by atoms with E-state index in [1.54, 1.807) is 18.2 Å². The highest BCUT2D eigenvalue weighted by Crippen LogP contribution is 2.22. The molecule has 0 saturated carbocycles. The number of amides is 1. The quantitative estimate of drug-likeness (QED) is 0.711. The summed E-state index contributed by atoms with van der Waals surface area (Å²) in [4.78, 5) is 22.7. The maximum absolute atomic E-state index is 12.2. The zero-order chi connectivity index (χ0) is 15.2. The monoisotopic (exact) mass is 278 g/mol. The molecule has 0 aromatic heterocycles. The largest absolute Gasteiger partial charge is 0.481 e. The Morgan fingerprint density at radius 1 is 1.40 bits per heavy atom. The molecule has 0 aliphatic carbocycles. The van der Waals surface area contributed by atoms with Crippen LogP contribution < -0.4 is 11.1 Å². The molecule has 1 rings (SSSR count). The van der Waals surface area contributed by atoms with Crippen LogP contribution >= 0.6 is 0 Å². The maximum atomic E-state index is 12.2. The van der Waals surface area contributed by atoms with Gasteiger partial charge in [-0.3, -0.25) is 9.59 Å². The lowest BCUT2D eigenvalue weighted by Crippen LogP contribution is -2.39. The maximum Gasteiger partial charge on any atom is 0.303 e. The molecule has 20 heavy (non-hydrogen) atoms. The van der Waals surface area contributed by atoms with Gasteiger partial charge in [0.25, 0.3) is 0 Å². The second kappa shape index (κ2) is 7.05. The Kier molecular flexibility index (Phi) is 5.70. The summed E-state index contributed by atoms with van der Waals surface area (Å²) in [5.41, 5.74) is 6.63. The van der Waals surface area contributed by atoms with Crippen LogP contribution in [-0.4, -0.2) is 23.5 Å². The highest BCUT2D eigenvalue weighted by molar-refractivity contribution is 5.95. The van der Waals surface area contributed by atoms with Crippen molar-refractivity contribution in [2.75, 3.05) is 11.9 Å². The number of anilines is 1. The number of aliphatic carboxylic acids is 1. The molecule has 4 N–H and O–H groups in total. The zero-order valence-electron chi connectivity index (χ0n) is 12.0. The van der Waals surface area contributed by atoms with Gasteiger partial charge in [-0.1, -0.05) is 19.1 Å². The number of rotatable bonds is 7. The third-order valence-electron chi connectivity index (χ3n) is 3.59. The van der Waals surface area contributed by atoms with Gasteiger partial charge in [-0.05, 0) is 37.5 Å². The molecule has 1 aromatic carbocycles. The van der Waals surface area contributed by atoms with Crippen LogP contribution in [0.5, 0.6) is 0 Å². The fraction of sp³-hybridized carbons (Fsp3) is 0.467. The normalized spacial score (nSPS) is 13.6. The average Bonchev–Trinajstić information content (AvgIpc) is 2.44. The molecule has 5 heteroatoms. The zero-order valence-corrected chi connectivity index (χ0v) is 12.0. The molecule has 1 aromatic rings. The highest BCUT2D eigenvalue weighted by atomic mass is 16.4. The van der Waals surface area contributed by atoms with E-state index in [1.807, 2.05) is 19.9 Å². The smallest absolute Gasteiger partial charge is 0.303 e. The lowest BCUT2D eigenvalue weighted by Gasteiger charge is -2.25. The molecule has 0 aliphatic heterocycles. The first-order chi connectivity index (χ1) is 9.41. The van der Waals surface area contributed by atoms with Crippen molar-refractivity contribution in [3.05, 3.63) is 29.8 Å². The highest BCUT2D eigenvalue weighted by Gasteiger charge is 2.29. The van der Waals surface area contributed by atoms with E-state index in [2.05, 4.69) is 5.32 Å². The van der Waals surface area contributed by atoms with Gasteiger partial charge in [0.1, 0.15) is 0 Å². The molecule has 0 saturated heterocycles. The van der Waals surface area contributed by atoms with Crippen LogP contribution in [0.3, 0.4) is 0 Å². The van der Waals surface area contributed by atoms with Crippen LogP contribution in [0.15, 0.2) is 24.3 Å². The first kappa shape index (κ1) is 16.2. The minimum absolute atomic E-state index is 0.0763. The van der Waals surface area contributed by atoms with Gasteiger partial charge in [0.15, 0.2) is 0 Å². The fourth-order valence-electron chi connectivity index (χ4n) is 1.74. The molecule has 0 bridgehead atoms. The van der Waals surface area contributed by atoms with Crippen molar-refractivity contribution in [2.24, 2.45) is 11.1 Å². The van der Waals surface area contributed by atoms with Gasteiger partial charge in [0.05, 0.1) is 5.41 Å². The number of nitrogens with two attached hydrogens (primary N) is 1. The van der Waals surface area contributed by atoms with E-state index in [9.17, 15) is 9.59 Å². The summed E-state index contributed by atoms with van der Waals surface area (Å²) in [5.74, 6) is -0.945. The van der Waals surface area contributed by atoms with Crippen LogP contribution in [0.25, 0.3) is 0 Å². The number of hydrogen-bond acceptors (Lipinski definition) is 3. The number of benzene rings is 1. The van der Waals surface area contributed by atoms with E-state index in [1.165, 1.54) is 0 Å². The van der Waals surface area contributed by atoms with Crippen molar-refractivity contribution in [3.8, 4) is 0 Å². The number of carbonyl (C=O) groups excluding carboxylic acids is 1. The third-order valence-corrected chi connectivity index (χ3v) is 3.59. The van der Waals surface area contributed by atoms with Crippen LogP contribution in [0.2, 0.25) is 0 Å². The summed E-state index contributed by atoms with van der Waals surface area (Å²) in [7, 11) is 0. The second-order valence-corrected chi connectivity index (χ2v) is 5.17. The predicted molar refractivity (Wildman–Crippen MR) is 78.5 cm³/mol. The van der Waals surface area contributed by atoms with Crippen LogP contribution in [0.4, 0.5) is 5.69 Å². The average molecular weight is 278 g/mol. The number of aryl methyl sites for hydroxylation is 1. The fourth-order valence-corrected chi connectivity index (χ4v) is 1.74. The van der Waals surface area contributed by atoms with Gasteiger partial charge < -0.3 is 16.2 Å². The van der Waals surface area contributed by atoms with Crippen LogP contribution in [0, 0.1) is 5.41 Å². The van der Waals surface area contributed by atoms with Gasteiger partial charge in [-0.15, -0.1) is 0 Å². The number of nitrogens with one attached hydrogen (secondary N) is 1. The molecule has 0 aliphatic rings. The molecule has 110 valence electrons. The number of carbonyl (C=O) groups is 2. The van der Waals surface area contributed by atoms with E-state index in [4.69, 9.17) is 10.8 Å². The van der Waals surface area contributed by atoms with Gasteiger partial charge in [-0.25, -0.2) is 0 Å². The van der Waals surface area contributed by atoms with Crippen molar-refractivity contribution < 1.29 is 14.7 Å². The van der Waals surface area contributed by atoms with Crippen molar-refractivity contribution >= 4 is 17.6 Å². The summed E-state index contributed by atoms with van der Waals surface area (Å²) in [6.07, 6.45) is 1.18. The van der Waals surface area contributed by atoms with E-state index in [0.29, 0.717) is 18.5 Å². The summed E-state index contributed by atoms with van der Waals surface area (Å²) in [6.45, 7) is 4.04. The van der Waals surface area contributed by atoms with E-state index in [-0.39, 0.29) is 18.9 Å². The first-order valence-electron chi connectivity index (χ1n) is 6.73. The molecule has 0 heterocycles. The number of carboxylic acids is 1. The van der Waals surface area contributed by atoms with Crippen molar-refractivity contribution in [2.45, 2.75) is 33.1 Å². The molecule has 0 fully saturated rings. The predicted octanol–water partition coefficient (Wildman–Crippen LogP) is 2.02. The summed E-state index contributed by atoms with van der Waals surface area (Å²) < 4.78 is 0. The Morgan fingerprint density at radius 2 is 2.10 bits per heavy atom. The van der Waals surface area contributed by atoms with Crippen molar-refractivity contribution in [1.29, 1.82) is 0 Å². The summed E-state index contributed by atoms with van der Waals surface area (Å²) >= 11 is 0. The van der Waals surface area contributed by atoms with Crippen molar-refractivity contribution in [3.63, 3.8) is 0 Å². The van der Waals surface area contributed by atoms with Gasteiger partial charge in [0.2, 0.25) is 5.91 Å². The number of carboxylic acid groups (broad SMARTS) is 1. The Bertz CT molecular complexity index is 482. The Balaban J connectivity index is 2.75. The topological polar surface area (TPSA) is 92.4 Å². The third kappa shape index (κ3) is 4.35. The SMILES string of the molecule is CCC(C)(CN)C(=O)Nc1cccc(CCC(=O)O)c1. The first-order valence-corrected chi connectivity index (χ1v) is 6.73. The Labute approximate surface area is 119 Å². The van der Waals surface area contributed by atoms with E-state index >= 15 is 0 Å². The number of hydrogen-bond donors (Lipinski definition) is 3. The Hall–Kier alpha value is -1.88. The molecule has 0 spiro atoms. The van der Waals surface area contributed by atoms with Crippen molar-refractivity contribution in [1.82, 2.24) is 0 Å². The molecular weight excluding hydrogens is 256 g/mol. The molecule has 0 radical (unpaired) electrons.